The molecule has 0 aliphatic carbocycles. The van der Waals surface area contributed by atoms with Crippen molar-refractivity contribution in [2.45, 2.75) is 6.04 Å². The number of aromatic nitrogens is 1. The van der Waals surface area contributed by atoms with Crippen molar-refractivity contribution in [1.29, 1.82) is 0 Å². The van der Waals surface area contributed by atoms with Gasteiger partial charge in [-0.3, -0.25) is 10.8 Å². The molecule has 3 rings (SSSR count). The molecule has 0 aliphatic rings. The van der Waals surface area contributed by atoms with Crippen molar-refractivity contribution in [2.24, 2.45) is 5.84 Å². The highest BCUT2D eigenvalue weighted by atomic mass is 32.1. The molecule has 3 N–H and O–H groups in total. The number of pyridine rings is 1. The quantitative estimate of drug-likeness (QED) is 0.570. The zero-order valence-electron chi connectivity index (χ0n) is 10.0. The van der Waals surface area contributed by atoms with Crippen LogP contribution in [-0.2, 0) is 0 Å². The third kappa shape index (κ3) is 2.35. The minimum Gasteiger partial charge on any atom is -0.271 e. The molecule has 0 bridgehead atoms. The van der Waals surface area contributed by atoms with Gasteiger partial charge in [-0.25, -0.2) is 9.82 Å². The number of nitrogens with one attached hydrogen (secondary N) is 1. The number of hydrazine groups is 1. The summed E-state index contributed by atoms with van der Waals surface area (Å²) in [6.45, 7) is 0. The first-order chi connectivity index (χ1) is 9.28. The zero-order chi connectivity index (χ0) is 13.2. The molecule has 96 valence electrons. The highest BCUT2D eigenvalue weighted by molar-refractivity contribution is 7.19. The Hall–Kier alpha value is -1.82. The fraction of sp³-hybridized carbons (Fsp3) is 0.0714. The van der Waals surface area contributed by atoms with Crippen molar-refractivity contribution < 1.29 is 4.39 Å². The molecule has 3 aromatic rings. The fourth-order valence-electron chi connectivity index (χ4n) is 2.06. The van der Waals surface area contributed by atoms with Crippen LogP contribution in [0.4, 0.5) is 4.39 Å². The van der Waals surface area contributed by atoms with Crippen LogP contribution in [-0.4, -0.2) is 4.98 Å². The lowest BCUT2D eigenvalue weighted by Gasteiger charge is -2.13. The fourth-order valence-corrected chi connectivity index (χ4v) is 3.24. The molecule has 0 fully saturated rings. The Labute approximate surface area is 113 Å². The number of halogens is 1. The van der Waals surface area contributed by atoms with Crippen LogP contribution in [0.3, 0.4) is 0 Å². The van der Waals surface area contributed by atoms with Gasteiger partial charge in [-0.15, -0.1) is 11.3 Å². The molecule has 0 saturated carbocycles. The van der Waals surface area contributed by atoms with Crippen LogP contribution in [0.1, 0.15) is 16.5 Å². The maximum absolute atomic E-state index is 13.2. The van der Waals surface area contributed by atoms with E-state index < -0.39 is 0 Å². The summed E-state index contributed by atoms with van der Waals surface area (Å²) in [5, 5.41) is 1.02. The second kappa shape index (κ2) is 5.05. The van der Waals surface area contributed by atoms with Crippen molar-refractivity contribution in [3.8, 4) is 0 Å². The molecule has 0 spiro atoms. The van der Waals surface area contributed by atoms with Gasteiger partial charge in [-0.05, 0) is 35.2 Å². The minimum atomic E-state index is -0.223. The van der Waals surface area contributed by atoms with E-state index in [1.54, 1.807) is 24.5 Å². The number of fused-ring (bicyclic) bond motifs is 1. The number of nitrogens with two attached hydrogens (primary N) is 1. The van der Waals surface area contributed by atoms with Gasteiger partial charge in [0, 0.05) is 22.0 Å². The van der Waals surface area contributed by atoms with Crippen molar-refractivity contribution in [2.75, 3.05) is 0 Å². The van der Waals surface area contributed by atoms with Gasteiger partial charge in [-0.1, -0.05) is 12.1 Å². The lowest BCUT2D eigenvalue weighted by atomic mass is 10.1. The highest BCUT2D eigenvalue weighted by Gasteiger charge is 2.15. The topological polar surface area (TPSA) is 50.9 Å². The zero-order valence-corrected chi connectivity index (χ0v) is 10.8. The second-order valence-corrected chi connectivity index (χ2v) is 5.33. The third-order valence-corrected chi connectivity index (χ3v) is 4.13. The SMILES string of the molecule is NNC(c1cccnc1)c1cc2ccc(F)cc2s1. The van der Waals surface area contributed by atoms with Crippen LogP contribution in [0.15, 0.2) is 48.8 Å². The van der Waals surface area contributed by atoms with E-state index in [0.717, 1.165) is 20.5 Å². The van der Waals surface area contributed by atoms with E-state index in [0.29, 0.717) is 0 Å². The number of rotatable bonds is 3. The van der Waals surface area contributed by atoms with Crippen molar-refractivity contribution in [1.82, 2.24) is 10.4 Å². The number of hydrogen-bond donors (Lipinski definition) is 2. The Morgan fingerprint density at radius 3 is 2.89 bits per heavy atom. The van der Waals surface area contributed by atoms with Gasteiger partial charge >= 0.3 is 0 Å². The lowest BCUT2D eigenvalue weighted by molar-refractivity contribution is 0.630. The predicted octanol–water partition coefficient (Wildman–Crippen LogP) is 2.99. The number of hydrogen-bond acceptors (Lipinski definition) is 4. The molecular formula is C14H12FN3S. The molecule has 5 heteroatoms. The number of nitrogens with zero attached hydrogens (tertiary/aromatic N) is 1. The average molecular weight is 273 g/mol. The van der Waals surface area contributed by atoms with Gasteiger partial charge in [0.05, 0.1) is 6.04 Å². The summed E-state index contributed by atoms with van der Waals surface area (Å²) >= 11 is 1.53. The van der Waals surface area contributed by atoms with E-state index in [1.165, 1.54) is 17.4 Å². The first kappa shape index (κ1) is 12.2. The molecule has 2 aromatic heterocycles. The van der Waals surface area contributed by atoms with Crippen LogP contribution < -0.4 is 11.3 Å². The number of thiophene rings is 1. The highest BCUT2D eigenvalue weighted by Crippen LogP contribution is 2.32. The molecule has 1 aromatic carbocycles. The summed E-state index contributed by atoms with van der Waals surface area (Å²) in [7, 11) is 0. The van der Waals surface area contributed by atoms with Crippen LogP contribution in [0, 0.1) is 5.82 Å². The van der Waals surface area contributed by atoms with E-state index in [2.05, 4.69) is 10.4 Å². The number of benzene rings is 1. The van der Waals surface area contributed by atoms with Crippen LogP contribution in [0.5, 0.6) is 0 Å². The molecule has 2 heterocycles. The van der Waals surface area contributed by atoms with E-state index in [4.69, 9.17) is 5.84 Å². The Morgan fingerprint density at radius 2 is 2.16 bits per heavy atom. The van der Waals surface area contributed by atoms with Crippen molar-refractivity contribution in [3.63, 3.8) is 0 Å². The molecule has 1 unspecified atom stereocenters. The Bertz CT molecular complexity index is 696. The summed E-state index contributed by atoms with van der Waals surface area (Å²) in [4.78, 5) is 5.13. The standard InChI is InChI=1S/C14H12FN3S/c15-11-4-3-9-6-13(19-12(9)7-11)14(18-16)10-2-1-5-17-8-10/h1-8,14,18H,16H2. The Balaban J connectivity index is 2.07. The molecule has 0 aliphatic heterocycles. The summed E-state index contributed by atoms with van der Waals surface area (Å²) in [6, 6.07) is 10.5. The summed E-state index contributed by atoms with van der Waals surface area (Å²) in [5.74, 6) is 5.42. The van der Waals surface area contributed by atoms with E-state index in [-0.39, 0.29) is 11.9 Å². The van der Waals surface area contributed by atoms with Gasteiger partial charge in [0.2, 0.25) is 0 Å². The third-order valence-electron chi connectivity index (χ3n) is 2.97. The van der Waals surface area contributed by atoms with E-state index >= 15 is 0 Å². The van der Waals surface area contributed by atoms with E-state index in [9.17, 15) is 4.39 Å². The second-order valence-electron chi connectivity index (χ2n) is 4.22. The lowest BCUT2D eigenvalue weighted by Crippen LogP contribution is -2.28. The maximum atomic E-state index is 13.2. The normalized spacial score (nSPS) is 12.7. The van der Waals surface area contributed by atoms with Crippen LogP contribution in [0.2, 0.25) is 0 Å². The maximum Gasteiger partial charge on any atom is 0.124 e. The van der Waals surface area contributed by atoms with Gasteiger partial charge in [0.15, 0.2) is 0 Å². The average Bonchev–Trinajstić information content (AvgIpc) is 2.83. The van der Waals surface area contributed by atoms with E-state index in [1.807, 2.05) is 18.2 Å². The van der Waals surface area contributed by atoms with Crippen molar-refractivity contribution in [3.05, 3.63) is 65.0 Å². The van der Waals surface area contributed by atoms with Crippen LogP contribution >= 0.6 is 11.3 Å². The summed E-state index contributed by atoms with van der Waals surface area (Å²) < 4.78 is 14.1. The molecule has 0 radical (unpaired) electrons. The predicted molar refractivity (Wildman–Crippen MR) is 75.2 cm³/mol. The molecule has 19 heavy (non-hydrogen) atoms. The molecule has 3 nitrogen and oxygen atoms in total. The molecule has 0 saturated heterocycles. The monoisotopic (exact) mass is 273 g/mol. The minimum absolute atomic E-state index is 0.130. The van der Waals surface area contributed by atoms with Gasteiger partial charge in [0.1, 0.15) is 5.82 Å². The molecule has 0 amide bonds. The summed E-state index contributed by atoms with van der Waals surface area (Å²) in [5.41, 5.74) is 3.77. The first-order valence-corrected chi connectivity index (χ1v) is 6.64. The Morgan fingerprint density at radius 1 is 1.26 bits per heavy atom. The Kier molecular flexibility index (Phi) is 3.25. The smallest absolute Gasteiger partial charge is 0.124 e. The van der Waals surface area contributed by atoms with Crippen molar-refractivity contribution >= 4 is 21.4 Å². The molecular weight excluding hydrogens is 261 g/mol. The largest absolute Gasteiger partial charge is 0.271 e. The first-order valence-electron chi connectivity index (χ1n) is 5.83. The van der Waals surface area contributed by atoms with Gasteiger partial charge in [0.25, 0.3) is 0 Å². The molecule has 1 atom stereocenters. The van der Waals surface area contributed by atoms with Crippen LogP contribution in [0.25, 0.3) is 10.1 Å². The van der Waals surface area contributed by atoms with Gasteiger partial charge in [-0.2, -0.15) is 0 Å². The van der Waals surface area contributed by atoms with Gasteiger partial charge < -0.3 is 0 Å². The summed E-state index contributed by atoms with van der Waals surface area (Å²) in [6.07, 6.45) is 3.49.